The molecule has 14 aromatic rings. The van der Waals surface area contributed by atoms with Crippen molar-refractivity contribution < 1.29 is 0 Å². The minimum atomic E-state index is -1.02. The molecule has 6 heteroatoms. The summed E-state index contributed by atoms with van der Waals surface area (Å²) in [6.07, 6.45) is 0. The van der Waals surface area contributed by atoms with Crippen molar-refractivity contribution in [3.8, 4) is 44.5 Å². The number of fused-ring (bicyclic) bond motifs is 4. The Hall–Kier alpha value is -10.9. The Kier molecular flexibility index (Phi) is 14.5. The van der Waals surface area contributed by atoms with Gasteiger partial charge in [0.05, 0.1) is 0 Å². The van der Waals surface area contributed by atoms with E-state index in [1.165, 1.54) is 57.2 Å². The number of hydrogen-bond acceptors (Lipinski definition) is 4. The molecule has 0 aliphatic carbocycles. The van der Waals surface area contributed by atoms with E-state index in [1.807, 2.05) is 0 Å². The molecule has 424 valence electrons. The molecule has 0 N–H and O–H groups in total. The topological polar surface area (TPSA) is 13.0 Å². The molecular formula is C84H59BN4Te. The molecule has 0 radical (unpaired) electrons. The Bertz CT molecular complexity index is 4570. The van der Waals surface area contributed by atoms with Gasteiger partial charge in [-0.3, -0.25) is 0 Å². The monoisotopic (exact) mass is 1260 g/mol. The van der Waals surface area contributed by atoms with Crippen molar-refractivity contribution in [3.05, 3.63) is 358 Å². The van der Waals surface area contributed by atoms with Gasteiger partial charge in [-0.1, -0.05) is 24.3 Å². The summed E-state index contributed by atoms with van der Waals surface area (Å²) < 4.78 is 2.89. The van der Waals surface area contributed by atoms with E-state index in [-0.39, 0.29) is 6.71 Å². The number of anilines is 12. The Balaban J connectivity index is 0.963. The molecule has 2 heterocycles. The molecule has 0 amide bonds. The van der Waals surface area contributed by atoms with Crippen LogP contribution in [-0.4, -0.2) is 27.6 Å². The van der Waals surface area contributed by atoms with E-state index >= 15 is 0 Å². The zero-order chi connectivity index (χ0) is 59.7. The second-order valence-corrected chi connectivity index (χ2v) is 25.9. The average molecular weight is 1260 g/mol. The predicted molar refractivity (Wildman–Crippen MR) is 383 cm³/mol. The van der Waals surface area contributed by atoms with Gasteiger partial charge in [0.15, 0.2) is 0 Å². The van der Waals surface area contributed by atoms with Gasteiger partial charge in [0, 0.05) is 0 Å². The van der Waals surface area contributed by atoms with Crippen LogP contribution < -0.4 is 43.2 Å². The Morgan fingerprint density at radius 3 is 0.989 bits per heavy atom. The molecule has 0 bridgehead atoms. The third kappa shape index (κ3) is 10.2. The van der Waals surface area contributed by atoms with E-state index in [2.05, 4.69) is 378 Å². The van der Waals surface area contributed by atoms with Gasteiger partial charge in [0.1, 0.15) is 0 Å². The average Bonchev–Trinajstić information content (AvgIpc) is 0.718. The quantitative estimate of drug-likeness (QED) is 0.101. The third-order valence-electron chi connectivity index (χ3n) is 17.4. The zero-order valence-corrected chi connectivity index (χ0v) is 51.7. The Morgan fingerprint density at radius 1 is 0.233 bits per heavy atom. The maximum atomic E-state index is 2.66. The first-order valence-electron chi connectivity index (χ1n) is 30.8. The number of nitrogens with zero attached hydrogens (tertiary/aromatic N) is 4. The molecule has 0 atom stereocenters. The van der Waals surface area contributed by atoms with Crippen LogP contribution in [0, 0.1) is 0 Å². The van der Waals surface area contributed by atoms with Crippen molar-refractivity contribution in [1.82, 2.24) is 0 Å². The number of rotatable bonds is 14. The fourth-order valence-electron chi connectivity index (χ4n) is 13.4. The second-order valence-electron chi connectivity index (χ2n) is 22.8. The summed E-state index contributed by atoms with van der Waals surface area (Å²) >= 11 is -1.02. The van der Waals surface area contributed by atoms with Gasteiger partial charge < -0.3 is 0 Å². The van der Waals surface area contributed by atoms with E-state index in [0.717, 1.165) is 79.1 Å². The molecule has 14 aromatic carbocycles. The molecule has 0 spiro atoms. The Labute approximate surface area is 537 Å². The number of benzene rings is 14. The minimum absolute atomic E-state index is 0.0588. The second kappa shape index (κ2) is 24.0. The third-order valence-corrected chi connectivity index (χ3v) is 20.7. The fraction of sp³-hybridized carbons (Fsp3) is 0. The van der Waals surface area contributed by atoms with Crippen LogP contribution in [0.4, 0.5) is 68.2 Å². The molecule has 4 nitrogen and oxygen atoms in total. The maximum absolute atomic E-state index is 2.66. The van der Waals surface area contributed by atoms with Crippen molar-refractivity contribution >= 4 is 119 Å². The van der Waals surface area contributed by atoms with Crippen LogP contribution in [0.2, 0.25) is 0 Å². The molecule has 0 saturated heterocycles. The first-order valence-corrected chi connectivity index (χ1v) is 33.1. The van der Waals surface area contributed by atoms with Gasteiger partial charge in [-0.05, 0) is 0 Å². The van der Waals surface area contributed by atoms with E-state index in [0.29, 0.717) is 0 Å². The van der Waals surface area contributed by atoms with Gasteiger partial charge in [-0.25, -0.2) is 0 Å². The van der Waals surface area contributed by atoms with Crippen molar-refractivity contribution in [1.29, 1.82) is 0 Å². The van der Waals surface area contributed by atoms with E-state index in [1.54, 1.807) is 0 Å². The van der Waals surface area contributed by atoms with Crippen LogP contribution in [0.1, 0.15) is 0 Å². The Morgan fingerprint density at radius 2 is 0.578 bits per heavy atom. The van der Waals surface area contributed by atoms with Crippen molar-refractivity contribution in [2.45, 2.75) is 0 Å². The van der Waals surface area contributed by atoms with Gasteiger partial charge in [0.2, 0.25) is 0 Å². The number of para-hydroxylation sites is 5. The summed E-state index contributed by atoms with van der Waals surface area (Å²) in [5, 5.41) is 0. The summed E-state index contributed by atoms with van der Waals surface area (Å²) in [7, 11) is 0. The molecule has 0 aromatic heterocycles. The zero-order valence-electron chi connectivity index (χ0n) is 49.3. The molecule has 0 fully saturated rings. The van der Waals surface area contributed by atoms with E-state index in [9.17, 15) is 0 Å². The molecule has 16 rings (SSSR count). The van der Waals surface area contributed by atoms with Crippen molar-refractivity contribution in [2.24, 2.45) is 0 Å². The molecular weight excluding hydrogens is 1200 g/mol. The first-order chi connectivity index (χ1) is 44.7. The van der Waals surface area contributed by atoms with Crippen molar-refractivity contribution in [3.63, 3.8) is 0 Å². The normalized spacial score (nSPS) is 11.9. The molecule has 0 saturated carbocycles. The van der Waals surface area contributed by atoms with Gasteiger partial charge in [0.25, 0.3) is 0 Å². The molecule has 2 aliphatic rings. The van der Waals surface area contributed by atoms with Gasteiger partial charge in [-0.15, -0.1) is 0 Å². The summed E-state index contributed by atoms with van der Waals surface area (Å²) in [5.41, 5.74) is 26.8. The van der Waals surface area contributed by atoms with Gasteiger partial charge in [-0.2, -0.15) is 0 Å². The molecule has 90 heavy (non-hydrogen) atoms. The standard InChI is InChI=1S/C84H59BN4Te/c1-9-26-60(27-10-1)64-44-54-79-77(56-64)85-78-57-65(61-28-11-2-12-29-61)45-55-81(78)90-82-59-74(58-80(83(82)85)89(79)84-75(62-30-13-3-14-31-62)42-25-43-76(84)63-32-15-4-16-33-63)88(72-50-46-70(47-51-72)86(66-34-17-5-18-35-66)67-36-19-6-20-37-67)73-52-48-71(49-53-73)87(68-38-21-7-22-39-68)69-40-23-8-24-41-69/h1-59H. The summed E-state index contributed by atoms with van der Waals surface area (Å²) in [6.45, 7) is -0.0588. The molecule has 0 unspecified atom stereocenters. The fourth-order valence-corrected chi connectivity index (χ4v) is 16.7. The molecule has 2 aliphatic heterocycles. The SMILES string of the molecule is c1ccc(-c2ccc3c(c2)B2c4cc(-c5ccccc5)ccc4N(c4c(-c5ccccc5)cccc4-c4ccccc4)c4cc(N(c5ccc(N(c6ccccc6)c6ccccc6)cc5)c5ccc(N(c6ccccc6)c6ccccc6)cc5)cc(c42)[Te]3)cc1. The van der Waals surface area contributed by atoms with Gasteiger partial charge >= 0.3 is 517 Å². The summed E-state index contributed by atoms with van der Waals surface area (Å²) in [4.78, 5) is 9.84. The number of hydrogen-bond donors (Lipinski definition) is 0. The van der Waals surface area contributed by atoms with Crippen molar-refractivity contribution in [2.75, 3.05) is 19.6 Å². The van der Waals surface area contributed by atoms with Crippen LogP contribution in [0.5, 0.6) is 0 Å². The first kappa shape index (κ1) is 54.5. The van der Waals surface area contributed by atoms with Crippen LogP contribution in [0.25, 0.3) is 44.5 Å². The summed E-state index contributed by atoms with van der Waals surface area (Å²) in [5.74, 6) is 0. The van der Waals surface area contributed by atoms with Crippen LogP contribution in [-0.2, 0) is 0 Å². The van der Waals surface area contributed by atoms with Crippen LogP contribution in [0.15, 0.2) is 358 Å². The van der Waals surface area contributed by atoms with Crippen LogP contribution in [0.3, 0.4) is 0 Å². The predicted octanol–water partition coefficient (Wildman–Crippen LogP) is 19.0. The van der Waals surface area contributed by atoms with E-state index < -0.39 is 20.9 Å². The van der Waals surface area contributed by atoms with E-state index in [4.69, 9.17) is 0 Å². The summed E-state index contributed by atoms with van der Waals surface area (Å²) in [6, 6.07) is 132. The van der Waals surface area contributed by atoms with Crippen LogP contribution >= 0.6 is 0 Å².